The van der Waals surface area contributed by atoms with Crippen LogP contribution in [0.15, 0.2) is 4.99 Å². The van der Waals surface area contributed by atoms with Crippen molar-refractivity contribution in [2.45, 2.75) is 44.6 Å². The Balaban J connectivity index is 2.00. The summed E-state index contributed by atoms with van der Waals surface area (Å²) in [5.41, 5.74) is 0.254. The van der Waals surface area contributed by atoms with Crippen LogP contribution in [0.1, 0.15) is 39.0 Å². The highest BCUT2D eigenvalue weighted by Gasteiger charge is 2.38. The zero-order valence-corrected chi connectivity index (χ0v) is 15.7. The van der Waals surface area contributed by atoms with Crippen molar-refractivity contribution in [1.82, 2.24) is 15.5 Å². The van der Waals surface area contributed by atoms with Crippen molar-refractivity contribution >= 4 is 17.7 Å². The van der Waals surface area contributed by atoms with Crippen molar-refractivity contribution in [2.24, 2.45) is 4.99 Å². The third-order valence-electron chi connectivity index (χ3n) is 4.94. The molecule has 1 aliphatic heterocycles. The van der Waals surface area contributed by atoms with Gasteiger partial charge in [-0.3, -0.25) is 9.89 Å². The number of guanidine groups is 1. The van der Waals surface area contributed by atoms with E-state index in [0.29, 0.717) is 0 Å². The van der Waals surface area contributed by atoms with Gasteiger partial charge in [-0.25, -0.2) is 0 Å². The van der Waals surface area contributed by atoms with Gasteiger partial charge in [-0.05, 0) is 26.0 Å². The molecular weight excluding hydrogens is 308 g/mol. The summed E-state index contributed by atoms with van der Waals surface area (Å²) in [5, 5.41) is 6.84. The average molecular weight is 343 g/mol. The summed E-state index contributed by atoms with van der Waals surface area (Å²) < 4.78 is 5.56. The minimum Gasteiger partial charge on any atom is -0.379 e. The molecular formula is C17H34N4OS. The summed E-state index contributed by atoms with van der Waals surface area (Å²) in [6, 6.07) is 0. The van der Waals surface area contributed by atoms with Gasteiger partial charge in [0.2, 0.25) is 0 Å². The molecule has 23 heavy (non-hydrogen) atoms. The van der Waals surface area contributed by atoms with Crippen LogP contribution in [0.2, 0.25) is 0 Å². The maximum absolute atomic E-state index is 5.56. The number of nitrogens with one attached hydrogen (secondary N) is 2. The van der Waals surface area contributed by atoms with E-state index in [0.717, 1.165) is 57.6 Å². The van der Waals surface area contributed by atoms with Gasteiger partial charge in [0, 0.05) is 37.5 Å². The molecule has 0 amide bonds. The van der Waals surface area contributed by atoms with Crippen LogP contribution < -0.4 is 10.6 Å². The first kappa shape index (κ1) is 18.9. The molecule has 0 atom stereocenters. The van der Waals surface area contributed by atoms with Crippen LogP contribution in [0.4, 0.5) is 0 Å². The Morgan fingerprint density at radius 2 is 1.91 bits per heavy atom. The smallest absolute Gasteiger partial charge is 0.191 e. The average Bonchev–Trinajstić information content (AvgIpc) is 2.61. The molecule has 0 aromatic rings. The van der Waals surface area contributed by atoms with Gasteiger partial charge in [0.1, 0.15) is 0 Å². The molecule has 1 heterocycles. The number of nitrogens with zero attached hydrogens (tertiary/aromatic N) is 2. The van der Waals surface area contributed by atoms with Gasteiger partial charge < -0.3 is 15.4 Å². The Morgan fingerprint density at radius 1 is 1.17 bits per heavy atom. The van der Waals surface area contributed by atoms with Crippen molar-refractivity contribution in [3.8, 4) is 0 Å². The molecule has 0 spiro atoms. The summed E-state index contributed by atoms with van der Waals surface area (Å²) in [5.74, 6) is 2.08. The van der Waals surface area contributed by atoms with Crippen molar-refractivity contribution in [2.75, 3.05) is 57.9 Å². The second kappa shape index (κ2) is 10.4. The van der Waals surface area contributed by atoms with Gasteiger partial charge in [-0.1, -0.05) is 19.3 Å². The maximum Gasteiger partial charge on any atom is 0.191 e. The third-order valence-corrected chi connectivity index (χ3v) is 5.55. The highest BCUT2D eigenvalue weighted by Crippen LogP contribution is 2.34. The zero-order chi connectivity index (χ0) is 16.4. The van der Waals surface area contributed by atoms with Crippen LogP contribution in [0.25, 0.3) is 0 Å². The van der Waals surface area contributed by atoms with Crippen molar-refractivity contribution in [3.63, 3.8) is 0 Å². The van der Waals surface area contributed by atoms with Crippen molar-refractivity contribution < 1.29 is 4.74 Å². The molecule has 1 saturated heterocycles. The lowest BCUT2D eigenvalue weighted by Crippen LogP contribution is -2.56. The van der Waals surface area contributed by atoms with E-state index >= 15 is 0 Å². The van der Waals surface area contributed by atoms with E-state index in [-0.39, 0.29) is 5.54 Å². The summed E-state index contributed by atoms with van der Waals surface area (Å²) in [6.45, 7) is 8.78. The van der Waals surface area contributed by atoms with Gasteiger partial charge in [0.15, 0.2) is 5.96 Å². The molecule has 2 N–H and O–H groups in total. The third kappa shape index (κ3) is 5.84. The summed E-state index contributed by atoms with van der Waals surface area (Å²) >= 11 is 1.86. The lowest BCUT2D eigenvalue weighted by Gasteiger charge is -2.47. The Labute approximate surface area is 146 Å². The van der Waals surface area contributed by atoms with Gasteiger partial charge in [0.25, 0.3) is 0 Å². The minimum absolute atomic E-state index is 0.254. The molecule has 6 heteroatoms. The van der Waals surface area contributed by atoms with Gasteiger partial charge >= 0.3 is 0 Å². The summed E-state index contributed by atoms with van der Waals surface area (Å²) in [6.07, 6.45) is 8.75. The predicted octanol–water partition coefficient (Wildman–Crippen LogP) is 1.94. The summed E-state index contributed by atoms with van der Waals surface area (Å²) in [4.78, 5) is 7.62. The van der Waals surface area contributed by atoms with E-state index < -0.39 is 0 Å². The van der Waals surface area contributed by atoms with E-state index in [9.17, 15) is 0 Å². The fourth-order valence-electron chi connectivity index (χ4n) is 3.66. The Hall–Kier alpha value is -0.460. The highest BCUT2D eigenvalue weighted by molar-refractivity contribution is 7.98. The fourth-order valence-corrected chi connectivity index (χ4v) is 3.97. The molecule has 1 saturated carbocycles. The lowest BCUT2D eigenvalue weighted by molar-refractivity contribution is -0.0333. The number of hydrogen-bond acceptors (Lipinski definition) is 4. The standard InChI is InChI=1S/C17H34N4OS/c1-3-18-16(19-9-14-23-2)20-15-17(7-5-4-6-8-17)21-10-12-22-13-11-21/h3-15H2,1-2H3,(H2,18,19,20). The molecule has 2 rings (SSSR count). The Bertz CT molecular complexity index is 353. The summed E-state index contributed by atoms with van der Waals surface area (Å²) in [7, 11) is 0. The first-order chi connectivity index (χ1) is 11.3. The molecule has 2 aliphatic rings. The number of thioether (sulfide) groups is 1. The van der Waals surface area contributed by atoms with Crippen LogP contribution in [0.5, 0.6) is 0 Å². The highest BCUT2D eigenvalue weighted by atomic mass is 32.2. The fraction of sp³-hybridized carbons (Fsp3) is 0.941. The largest absolute Gasteiger partial charge is 0.379 e. The molecule has 2 fully saturated rings. The van der Waals surface area contributed by atoms with Crippen LogP contribution in [-0.2, 0) is 4.74 Å². The number of ether oxygens (including phenoxy) is 1. The SMILES string of the molecule is CCNC(=NCC1(N2CCOCC2)CCCCC1)NCCSC. The number of morpholine rings is 1. The van der Waals surface area contributed by atoms with Crippen LogP contribution in [-0.4, -0.2) is 74.3 Å². The van der Waals surface area contributed by atoms with Crippen LogP contribution >= 0.6 is 11.8 Å². The normalized spacial score (nSPS) is 22.8. The molecule has 0 aromatic carbocycles. The van der Waals surface area contributed by atoms with Crippen molar-refractivity contribution in [3.05, 3.63) is 0 Å². The number of rotatable bonds is 7. The molecule has 1 aliphatic carbocycles. The molecule has 134 valence electrons. The van der Waals surface area contributed by atoms with E-state index in [1.54, 1.807) is 0 Å². The first-order valence-corrected chi connectivity index (χ1v) is 10.5. The second-order valence-electron chi connectivity index (χ2n) is 6.50. The van der Waals surface area contributed by atoms with E-state index in [1.807, 2.05) is 11.8 Å². The van der Waals surface area contributed by atoms with Crippen molar-refractivity contribution in [1.29, 1.82) is 0 Å². The minimum atomic E-state index is 0.254. The number of hydrogen-bond donors (Lipinski definition) is 2. The number of aliphatic imine (C=N–C) groups is 1. The molecule has 0 radical (unpaired) electrons. The van der Waals surface area contributed by atoms with E-state index in [1.165, 1.54) is 32.1 Å². The second-order valence-corrected chi connectivity index (χ2v) is 7.48. The molecule has 0 bridgehead atoms. The van der Waals surface area contributed by atoms with E-state index in [4.69, 9.17) is 9.73 Å². The topological polar surface area (TPSA) is 48.9 Å². The van der Waals surface area contributed by atoms with Gasteiger partial charge in [0.05, 0.1) is 19.8 Å². The molecule has 5 nitrogen and oxygen atoms in total. The first-order valence-electron chi connectivity index (χ1n) is 9.15. The van der Waals surface area contributed by atoms with Crippen LogP contribution in [0, 0.1) is 0 Å². The van der Waals surface area contributed by atoms with Gasteiger partial charge in [-0.15, -0.1) is 0 Å². The van der Waals surface area contributed by atoms with Gasteiger partial charge in [-0.2, -0.15) is 11.8 Å². The monoisotopic (exact) mass is 342 g/mol. The molecule has 0 unspecified atom stereocenters. The predicted molar refractivity (Wildman–Crippen MR) is 101 cm³/mol. The quantitative estimate of drug-likeness (QED) is 0.421. The lowest BCUT2D eigenvalue weighted by atomic mass is 9.80. The van der Waals surface area contributed by atoms with Crippen LogP contribution in [0.3, 0.4) is 0 Å². The Morgan fingerprint density at radius 3 is 2.57 bits per heavy atom. The van der Waals surface area contributed by atoms with E-state index in [2.05, 4.69) is 28.7 Å². The molecule has 0 aromatic heterocycles. The Kier molecular flexibility index (Phi) is 8.55. The zero-order valence-electron chi connectivity index (χ0n) is 14.9. The maximum atomic E-state index is 5.56.